The highest BCUT2D eigenvalue weighted by molar-refractivity contribution is 6.09. The van der Waals surface area contributed by atoms with Crippen LogP contribution < -0.4 is 5.11 Å². The molecule has 0 fully saturated rings. The first-order valence-corrected chi connectivity index (χ1v) is 5.09. The van der Waals surface area contributed by atoms with E-state index in [2.05, 4.69) is 0 Å². The highest BCUT2D eigenvalue weighted by Gasteiger charge is 2.07. The van der Waals surface area contributed by atoms with E-state index < -0.39 is 5.97 Å². The standard InChI is InChI=1S/C14H10O3/c15-13(10-4-2-1-3-5-10)11-6-8-12(9-7-11)14(16)17/h1-9H,(H,16,17)/p-1. The lowest BCUT2D eigenvalue weighted by Crippen LogP contribution is -2.22. The summed E-state index contributed by atoms with van der Waals surface area (Å²) in [6.07, 6.45) is 0. The molecule has 0 radical (unpaired) electrons. The number of rotatable bonds is 3. The Bertz CT molecular complexity index is 541. The second-order valence-electron chi connectivity index (χ2n) is 3.56. The van der Waals surface area contributed by atoms with Crippen LogP contribution in [-0.2, 0) is 0 Å². The van der Waals surface area contributed by atoms with E-state index in [-0.39, 0.29) is 11.3 Å². The van der Waals surface area contributed by atoms with Crippen molar-refractivity contribution < 1.29 is 14.7 Å². The highest BCUT2D eigenvalue weighted by atomic mass is 16.4. The first-order chi connectivity index (χ1) is 8.18. The Labute approximate surface area is 98.3 Å². The zero-order valence-corrected chi connectivity index (χ0v) is 8.92. The number of carbonyl (C=O) groups is 2. The average molecular weight is 225 g/mol. The van der Waals surface area contributed by atoms with Crippen LogP contribution in [0.3, 0.4) is 0 Å². The summed E-state index contributed by atoms with van der Waals surface area (Å²) in [5, 5.41) is 10.6. The summed E-state index contributed by atoms with van der Waals surface area (Å²) >= 11 is 0. The Kier molecular flexibility index (Phi) is 3.01. The number of ketones is 1. The molecule has 0 bridgehead atoms. The zero-order chi connectivity index (χ0) is 12.3. The minimum absolute atomic E-state index is 0.0645. The fourth-order valence-corrected chi connectivity index (χ4v) is 1.51. The van der Waals surface area contributed by atoms with Crippen molar-refractivity contribution in [2.45, 2.75) is 0 Å². The third-order valence-electron chi connectivity index (χ3n) is 2.42. The van der Waals surface area contributed by atoms with Crippen molar-refractivity contribution in [2.24, 2.45) is 0 Å². The van der Waals surface area contributed by atoms with Gasteiger partial charge in [-0.3, -0.25) is 4.79 Å². The summed E-state index contributed by atoms with van der Waals surface area (Å²) in [4.78, 5) is 22.5. The number of carboxylic acids is 1. The van der Waals surface area contributed by atoms with Crippen molar-refractivity contribution in [3.05, 3.63) is 71.3 Å². The lowest BCUT2D eigenvalue weighted by atomic mass is 10.0. The molecule has 0 N–H and O–H groups in total. The molecule has 0 aliphatic carbocycles. The van der Waals surface area contributed by atoms with Gasteiger partial charge in [-0.15, -0.1) is 0 Å². The maximum absolute atomic E-state index is 12.0. The highest BCUT2D eigenvalue weighted by Crippen LogP contribution is 2.10. The van der Waals surface area contributed by atoms with Crippen LogP contribution in [0.4, 0.5) is 0 Å². The molecular weight excluding hydrogens is 216 g/mol. The average Bonchev–Trinajstić information content (AvgIpc) is 2.39. The predicted octanol–water partition coefficient (Wildman–Crippen LogP) is 1.28. The van der Waals surface area contributed by atoms with Gasteiger partial charge in [0.05, 0.1) is 5.97 Å². The second kappa shape index (κ2) is 4.61. The Morgan fingerprint density at radius 2 is 1.18 bits per heavy atom. The van der Waals surface area contributed by atoms with Gasteiger partial charge in [-0.05, 0) is 5.56 Å². The van der Waals surface area contributed by atoms with Crippen LogP contribution in [-0.4, -0.2) is 11.8 Å². The van der Waals surface area contributed by atoms with Crippen molar-refractivity contribution in [1.29, 1.82) is 0 Å². The van der Waals surface area contributed by atoms with E-state index in [4.69, 9.17) is 0 Å². The summed E-state index contributed by atoms with van der Waals surface area (Å²) in [6.45, 7) is 0. The van der Waals surface area contributed by atoms with Crippen LogP contribution in [0.2, 0.25) is 0 Å². The number of carboxylic acid groups (broad SMARTS) is 1. The summed E-state index contributed by atoms with van der Waals surface area (Å²) in [5.41, 5.74) is 1.10. The molecule has 2 aromatic carbocycles. The molecule has 84 valence electrons. The van der Waals surface area contributed by atoms with Gasteiger partial charge in [-0.1, -0.05) is 54.6 Å². The summed E-state index contributed by atoms with van der Waals surface area (Å²) in [7, 11) is 0. The molecule has 0 amide bonds. The minimum Gasteiger partial charge on any atom is -0.545 e. The molecule has 0 aromatic heterocycles. The first kappa shape index (κ1) is 11.1. The van der Waals surface area contributed by atoms with E-state index >= 15 is 0 Å². The molecule has 17 heavy (non-hydrogen) atoms. The van der Waals surface area contributed by atoms with Gasteiger partial charge >= 0.3 is 0 Å². The summed E-state index contributed by atoms with van der Waals surface area (Å²) < 4.78 is 0. The maximum Gasteiger partial charge on any atom is 0.193 e. The van der Waals surface area contributed by atoms with Crippen LogP contribution >= 0.6 is 0 Å². The monoisotopic (exact) mass is 225 g/mol. The molecule has 0 saturated heterocycles. The molecule has 3 nitrogen and oxygen atoms in total. The van der Waals surface area contributed by atoms with E-state index in [0.717, 1.165) is 0 Å². The van der Waals surface area contributed by atoms with Gasteiger partial charge in [-0.2, -0.15) is 0 Å². The van der Waals surface area contributed by atoms with Crippen LogP contribution in [0.25, 0.3) is 0 Å². The van der Waals surface area contributed by atoms with Gasteiger partial charge in [-0.25, -0.2) is 0 Å². The Balaban J connectivity index is 2.30. The fraction of sp³-hybridized carbons (Fsp3) is 0. The zero-order valence-electron chi connectivity index (χ0n) is 8.92. The SMILES string of the molecule is O=C([O-])c1ccc(C(=O)c2ccccc2)cc1. The number of hydrogen-bond donors (Lipinski definition) is 0. The Morgan fingerprint density at radius 1 is 0.706 bits per heavy atom. The molecule has 0 aliphatic heterocycles. The van der Waals surface area contributed by atoms with Crippen molar-refractivity contribution in [2.75, 3.05) is 0 Å². The number of benzene rings is 2. The van der Waals surface area contributed by atoms with Crippen LogP contribution in [0.15, 0.2) is 54.6 Å². The lowest BCUT2D eigenvalue weighted by Gasteiger charge is -2.04. The summed E-state index contributed by atoms with van der Waals surface area (Å²) in [5.74, 6) is -1.38. The lowest BCUT2D eigenvalue weighted by molar-refractivity contribution is -0.255. The third kappa shape index (κ3) is 2.39. The second-order valence-corrected chi connectivity index (χ2v) is 3.56. The van der Waals surface area contributed by atoms with Crippen molar-refractivity contribution >= 4 is 11.8 Å². The molecule has 0 heterocycles. The van der Waals surface area contributed by atoms with Gasteiger partial charge in [0.1, 0.15) is 0 Å². The summed E-state index contributed by atoms with van der Waals surface area (Å²) in [6, 6.07) is 14.5. The molecular formula is C14H9O3-. The molecule has 2 aromatic rings. The number of hydrogen-bond acceptors (Lipinski definition) is 3. The van der Waals surface area contributed by atoms with Crippen molar-refractivity contribution in [3.8, 4) is 0 Å². The quantitative estimate of drug-likeness (QED) is 0.739. The molecule has 3 heteroatoms. The van der Waals surface area contributed by atoms with E-state index in [0.29, 0.717) is 11.1 Å². The molecule has 2 rings (SSSR count). The first-order valence-electron chi connectivity index (χ1n) is 5.09. The van der Waals surface area contributed by atoms with Gasteiger partial charge in [0.2, 0.25) is 0 Å². The molecule has 0 spiro atoms. The number of carbonyl (C=O) groups excluding carboxylic acids is 2. The topological polar surface area (TPSA) is 57.2 Å². The maximum atomic E-state index is 12.0. The molecule has 0 aliphatic rings. The van der Waals surface area contributed by atoms with E-state index in [1.54, 1.807) is 24.3 Å². The smallest absolute Gasteiger partial charge is 0.193 e. The van der Waals surface area contributed by atoms with E-state index in [9.17, 15) is 14.7 Å². The fourth-order valence-electron chi connectivity index (χ4n) is 1.51. The van der Waals surface area contributed by atoms with Crippen LogP contribution in [0, 0.1) is 0 Å². The van der Waals surface area contributed by atoms with E-state index in [1.807, 2.05) is 6.07 Å². The van der Waals surface area contributed by atoms with Gasteiger partial charge in [0.15, 0.2) is 5.78 Å². The van der Waals surface area contributed by atoms with E-state index in [1.165, 1.54) is 24.3 Å². The Hall–Kier alpha value is -2.42. The molecule has 0 unspecified atom stereocenters. The number of aromatic carboxylic acids is 1. The minimum atomic E-state index is -1.25. The van der Waals surface area contributed by atoms with Gasteiger partial charge < -0.3 is 9.90 Å². The van der Waals surface area contributed by atoms with Crippen LogP contribution in [0.5, 0.6) is 0 Å². The molecule has 0 saturated carbocycles. The largest absolute Gasteiger partial charge is 0.545 e. The van der Waals surface area contributed by atoms with Crippen LogP contribution in [0.1, 0.15) is 26.3 Å². The molecule has 0 atom stereocenters. The van der Waals surface area contributed by atoms with Crippen molar-refractivity contribution in [3.63, 3.8) is 0 Å². The van der Waals surface area contributed by atoms with Crippen molar-refractivity contribution in [1.82, 2.24) is 0 Å². The normalized spacial score (nSPS) is 9.88. The predicted molar refractivity (Wildman–Crippen MR) is 60.6 cm³/mol. The van der Waals surface area contributed by atoms with Gasteiger partial charge in [0.25, 0.3) is 0 Å². The Morgan fingerprint density at radius 3 is 1.71 bits per heavy atom. The third-order valence-corrected chi connectivity index (χ3v) is 2.42. The van der Waals surface area contributed by atoms with Gasteiger partial charge in [0, 0.05) is 11.1 Å².